The van der Waals surface area contributed by atoms with E-state index in [9.17, 15) is 4.79 Å². The van der Waals surface area contributed by atoms with Gasteiger partial charge in [-0.2, -0.15) is 9.78 Å². The summed E-state index contributed by atoms with van der Waals surface area (Å²) in [5.41, 5.74) is 3.47. The Kier molecular flexibility index (Phi) is 6.64. The summed E-state index contributed by atoms with van der Waals surface area (Å²) in [6.07, 6.45) is 0. The predicted molar refractivity (Wildman–Crippen MR) is 125 cm³/mol. The second-order valence-electron chi connectivity index (χ2n) is 7.62. The van der Waals surface area contributed by atoms with Crippen molar-refractivity contribution in [2.24, 2.45) is 0 Å². The zero-order chi connectivity index (χ0) is 23.2. The van der Waals surface area contributed by atoms with Crippen LogP contribution in [0, 0.1) is 20.8 Å². The number of nitrogens with zero attached hydrogens (tertiary/aromatic N) is 4. The SMILES string of the molecule is Cc1cc(C)nc(-n2nc(C)cc2NC(=O)COc2ccc(OCc3ccccc3)cc2)n1. The summed E-state index contributed by atoms with van der Waals surface area (Å²) in [7, 11) is 0. The van der Waals surface area contributed by atoms with Crippen LogP contribution in [0.25, 0.3) is 5.95 Å². The van der Waals surface area contributed by atoms with Crippen LogP contribution in [0.1, 0.15) is 22.6 Å². The Morgan fingerprint density at radius 2 is 1.48 bits per heavy atom. The lowest BCUT2D eigenvalue weighted by Crippen LogP contribution is -2.22. The molecule has 4 aromatic rings. The first kappa shape index (κ1) is 22.0. The smallest absolute Gasteiger partial charge is 0.263 e. The number of benzene rings is 2. The third-order valence-electron chi connectivity index (χ3n) is 4.70. The van der Waals surface area contributed by atoms with Gasteiger partial charge in [0, 0.05) is 17.5 Å². The van der Waals surface area contributed by atoms with E-state index in [0.717, 1.165) is 28.4 Å². The van der Waals surface area contributed by atoms with Crippen molar-refractivity contribution >= 4 is 11.7 Å². The van der Waals surface area contributed by atoms with Gasteiger partial charge in [-0.05, 0) is 56.7 Å². The number of hydrogen-bond donors (Lipinski definition) is 1. The second-order valence-corrected chi connectivity index (χ2v) is 7.62. The van der Waals surface area contributed by atoms with Crippen molar-refractivity contribution in [2.45, 2.75) is 27.4 Å². The molecular formula is C25H25N5O3. The number of anilines is 1. The number of aryl methyl sites for hydroxylation is 3. The maximum atomic E-state index is 12.5. The number of aromatic nitrogens is 4. The van der Waals surface area contributed by atoms with Crippen molar-refractivity contribution in [3.63, 3.8) is 0 Å². The Bertz CT molecular complexity index is 1220. The summed E-state index contributed by atoms with van der Waals surface area (Å²) >= 11 is 0. The molecular weight excluding hydrogens is 418 g/mol. The van der Waals surface area contributed by atoms with Gasteiger partial charge in [0.15, 0.2) is 6.61 Å². The summed E-state index contributed by atoms with van der Waals surface area (Å²) in [5.74, 6) is 1.87. The van der Waals surface area contributed by atoms with Gasteiger partial charge in [0.2, 0.25) is 0 Å². The molecule has 33 heavy (non-hydrogen) atoms. The van der Waals surface area contributed by atoms with Crippen LogP contribution in [0.15, 0.2) is 66.7 Å². The molecule has 1 amide bonds. The minimum Gasteiger partial charge on any atom is -0.489 e. The van der Waals surface area contributed by atoms with Gasteiger partial charge in [0.25, 0.3) is 11.9 Å². The van der Waals surface area contributed by atoms with Crippen molar-refractivity contribution in [1.29, 1.82) is 0 Å². The topological polar surface area (TPSA) is 91.2 Å². The third kappa shape index (κ3) is 5.94. The summed E-state index contributed by atoms with van der Waals surface area (Å²) < 4.78 is 12.9. The molecule has 1 N–H and O–H groups in total. The van der Waals surface area contributed by atoms with E-state index in [-0.39, 0.29) is 12.5 Å². The number of nitrogens with one attached hydrogen (secondary N) is 1. The molecule has 0 saturated carbocycles. The Morgan fingerprint density at radius 1 is 0.848 bits per heavy atom. The number of ether oxygens (including phenoxy) is 2. The van der Waals surface area contributed by atoms with E-state index < -0.39 is 0 Å². The molecule has 0 bridgehead atoms. The molecule has 8 nitrogen and oxygen atoms in total. The molecule has 2 aromatic carbocycles. The lowest BCUT2D eigenvalue weighted by atomic mass is 10.2. The molecule has 0 unspecified atom stereocenters. The van der Waals surface area contributed by atoms with Gasteiger partial charge in [0.05, 0.1) is 5.69 Å². The van der Waals surface area contributed by atoms with Crippen molar-refractivity contribution in [3.8, 4) is 17.4 Å². The van der Waals surface area contributed by atoms with E-state index in [1.54, 1.807) is 18.2 Å². The molecule has 0 aliphatic rings. The fourth-order valence-electron chi connectivity index (χ4n) is 3.24. The van der Waals surface area contributed by atoms with Crippen molar-refractivity contribution in [2.75, 3.05) is 11.9 Å². The highest BCUT2D eigenvalue weighted by molar-refractivity contribution is 5.91. The molecule has 0 spiro atoms. The first-order valence-electron chi connectivity index (χ1n) is 10.5. The van der Waals surface area contributed by atoms with Crippen LogP contribution in [0.5, 0.6) is 11.5 Å². The van der Waals surface area contributed by atoms with Gasteiger partial charge < -0.3 is 14.8 Å². The molecule has 0 aliphatic heterocycles. The Hall–Kier alpha value is -4.20. The summed E-state index contributed by atoms with van der Waals surface area (Å²) in [5, 5.41) is 7.23. The van der Waals surface area contributed by atoms with E-state index in [2.05, 4.69) is 20.4 Å². The van der Waals surface area contributed by atoms with Gasteiger partial charge in [0.1, 0.15) is 23.9 Å². The van der Waals surface area contributed by atoms with Gasteiger partial charge in [-0.3, -0.25) is 4.79 Å². The molecule has 0 aliphatic carbocycles. The standard InChI is InChI=1S/C25H25N5O3/c1-17-13-18(2)27-25(26-17)30-23(14-19(3)29-30)28-24(31)16-33-22-11-9-21(10-12-22)32-15-20-7-5-4-6-8-20/h4-14H,15-16H2,1-3H3,(H,28,31). The molecule has 0 fully saturated rings. The van der Waals surface area contributed by atoms with Crippen LogP contribution in [-0.2, 0) is 11.4 Å². The normalized spacial score (nSPS) is 10.6. The van der Waals surface area contributed by atoms with Crippen LogP contribution in [0.3, 0.4) is 0 Å². The van der Waals surface area contributed by atoms with Crippen LogP contribution >= 0.6 is 0 Å². The zero-order valence-electron chi connectivity index (χ0n) is 18.8. The highest BCUT2D eigenvalue weighted by Crippen LogP contribution is 2.19. The predicted octanol–water partition coefficient (Wildman–Crippen LogP) is 4.18. The summed E-state index contributed by atoms with van der Waals surface area (Å²) in [6, 6.07) is 20.7. The first-order chi connectivity index (χ1) is 16.0. The lowest BCUT2D eigenvalue weighted by Gasteiger charge is -2.10. The first-order valence-corrected chi connectivity index (χ1v) is 10.5. The zero-order valence-corrected chi connectivity index (χ0v) is 18.8. The molecule has 8 heteroatoms. The average molecular weight is 444 g/mol. The van der Waals surface area contributed by atoms with E-state index in [4.69, 9.17) is 9.47 Å². The van der Waals surface area contributed by atoms with Crippen LogP contribution in [-0.4, -0.2) is 32.3 Å². The van der Waals surface area contributed by atoms with Gasteiger partial charge in [-0.25, -0.2) is 9.97 Å². The van der Waals surface area contributed by atoms with Crippen LogP contribution in [0.2, 0.25) is 0 Å². The molecule has 2 heterocycles. The van der Waals surface area contributed by atoms with Gasteiger partial charge >= 0.3 is 0 Å². The van der Waals surface area contributed by atoms with Crippen LogP contribution < -0.4 is 14.8 Å². The monoisotopic (exact) mass is 443 g/mol. The van der Waals surface area contributed by atoms with Gasteiger partial charge in [-0.15, -0.1) is 0 Å². The quantitative estimate of drug-likeness (QED) is 0.439. The fraction of sp³-hybridized carbons (Fsp3) is 0.200. The van der Waals surface area contributed by atoms with E-state index >= 15 is 0 Å². The van der Waals surface area contributed by atoms with E-state index in [0.29, 0.717) is 24.1 Å². The molecule has 4 rings (SSSR count). The Labute approximate surface area is 192 Å². The van der Waals surface area contributed by atoms with Gasteiger partial charge in [-0.1, -0.05) is 30.3 Å². The number of carbonyl (C=O) groups is 1. The number of carbonyl (C=O) groups excluding carboxylic acids is 1. The highest BCUT2D eigenvalue weighted by Gasteiger charge is 2.14. The van der Waals surface area contributed by atoms with Crippen molar-refractivity contribution in [3.05, 3.63) is 89.4 Å². The maximum Gasteiger partial charge on any atom is 0.263 e. The lowest BCUT2D eigenvalue weighted by molar-refractivity contribution is -0.118. The Morgan fingerprint density at radius 3 is 2.15 bits per heavy atom. The molecule has 0 saturated heterocycles. The fourth-order valence-corrected chi connectivity index (χ4v) is 3.24. The van der Waals surface area contributed by atoms with E-state index in [1.807, 2.05) is 69.3 Å². The largest absolute Gasteiger partial charge is 0.489 e. The van der Waals surface area contributed by atoms with Crippen molar-refractivity contribution in [1.82, 2.24) is 19.7 Å². The minimum absolute atomic E-state index is 0.151. The molecule has 0 atom stereocenters. The second kappa shape index (κ2) is 9.95. The molecule has 0 radical (unpaired) electrons. The van der Waals surface area contributed by atoms with Crippen LogP contribution in [0.4, 0.5) is 5.82 Å². The average Bonchev–Trinajstić information content (AvgIpc) is 3.17. The molecule has 2 aromatic heterocycles. The summed E-state index contributed by atoms with van der Waals surface area (Å²) in [4.78, 5) is 21.3. The number of hydrogen-bond acceptors (Lipinski definition) is 6. The maximum absolute atomic E-state index is 12.5. The van der Waals surface area contributed by atoms with E-state index in [1.165, 1.54) is 4.68 Å². The molecule has 168 valence electrons. The Balaban J connectivity index is 1.33. The van der Waals surface area contributed by atoms with Crippen molar-refractivity contribution < 1.29 is 14.3 Å². The number of rotatable bonds is 8. The minimum atomic E-state index is -0.315. The summed E-state index contributed by atoms with van der Waals surface area (Å²) in [6.45, 7) is 5.95. The highest BCUT2D eigenvalue weighted by atomic mass is 16.5. The third-order valence-corrected chi connectivity index (χ3v) is 4.70. The number of amides is 1.